The van der Waals surface area contributed by atoms with Gasteiger partial charge < -0.3 is 25.2 Å². The Hall–Kier alpha value is -2.07. The molecule has 21 heavy (non-hydrogen) atoms. The molecule has 0 spiro atoms. The number of carboxylic acid groups (broad SMARTS) is 1. The van der Waals surface area contributed by atoms with Crippen LogP contribution in [-0.4, -0.2) is 62.6 Å². The third kappa shape index (κ3) is 3.52. The van der Waals surface area contributed by atoms with Crippen molar-refractivity contribution in [3.63, 3.8) is 0 Å². The van der Waals surface area contributed by atoms with Crippen LogP contribution in [0, 0.1) is 0 Å². The number of aliphatic hydroxyl groups excluding tert-OH is 2. The van der Waals surface area contributed by atoms with Crippen LogP contribution in [0.1, 0.15) is 13.3 Å². The summed E-state index contributed by atoms with van der Waals surface area (Å²) in [6, 6.07) is -2.70. The van der Waals surface area contributed by atoms with Crippen LogP contribution in [-0.2, 0) is 9.53 Å². The van der Waals surface area contributed by atoms with Gasteiger partial charge in [-0.1, -0.05) is 10.2 Å². The number of carbonyl (C=O) groups is 1. The van der Waals surface area contributed by atoms with Gasteiger partial charge in [-0.25, -0.2) is 4.79 Å². The lowest BCUT2D eigenvalue weighted by atomic mass is 9.88. The fourth-order valence-corrected chi connectivity index (χ4v) is 2.07. The number of ether oxygens (including phenoxy) is 1. The Morgan fingerprint density at radius 2 is 2.10 bits per heavy atom. The zero-order valence-corrected chi connectivity index (χ0v) is 10.9. The van der Waals surface area contributed by atoms with Crippen molar-refractivity contribution >= 4 is 5.97 Å². The predicted octanol–water partition coefficient (Wildman–Crippen LogP) is -0.352. The van der Waals surface area contributed by atoms with Gasteiger partial charge in [-0.05, 0) is 18.0 Å². The molecule has 0 bridgehead atoms. The van der Waals surface area contributed by atoms with E-state index in [9.17, 15) is 20.1 Å². The molecular weight excluding hydrogens is 288 g/mol. The second kappa shape index (κ2) is 6.59. The molecule has 12 nitrogen and oxygen atoms in total. The smallest absolute Gasteiger partial charge is 0.364 e. The van der Waals surface area contributed by atoms with Crippen LogP contribution in [0.2, 0.25) is 0 Å². The van der Waals surface area contributed by atoms with Gasteiger partial charge in [0, 0.05) is 16.2 Å². The van der Waals surface area contributed by atoms with Gasteiger partial charge in [-0.15, -0.1) is 0 Å². The fourth-order valence-electron chi connectivity index (χ4n) is 2.07. The number of aliphatic carboxylic acids is 1. The number of rotatable bonds is 5. The van der Waals surface area contributed by atoms with Crippen molar-refractivity contribution in [2.45, 2.75) is 49.5 Å². The van der Waals surface area contributed by atoms with Gasteiger partial charge in [0.15, 0.2) is 0 Å². The van der Waals surface area contributed by atoms with Crippen molar-refractivity contribution in [3.05, 3.63) is 20.9 Å². The SMILES string of the molecule is C[C@@H](O)[C@@H](N=[N+]=[N-])C1O[C@](O)(C(=O)O)C[C@@H](O)[C@H]1N=[N+]=[N-]. The van der Waals surface area contributed by atoms with E-state index in [2.05, 4.69) is 20.1 Å². The lowest BCUT2D eigenvalue weighted by Crippen LogP contribution is -2.61. The number of azide groups is 2. The highest BCUT2D eigenvalue weighted by Gasteiger charge is 2.53. The van der Waals surface area contributed by atoms with Gasteiger partial charge in [0.2, 0.25) is 0 Å². The Labute approximate surface area is 117 Å². The lowest BCUT2D eigenvalue weighted by molar-refractivity contribution is -0.279. The molecule has 12 heteroatoms. The molecule has 1 aliphatic heterocycles. The number of hydrogen-bond donors (Lipinski definition) is 4. The molecule has 0 radical (unpaired) electrons. The molecule has 4 N–H and O–H groups in total. The van der Waals surface area contributed by atoms with Crippen molar-refractivity contribution in [1.29, 1.82) is 0 Å². The van der Waals surface area contributed by atoms with Crippen LogP contribution in [0.5, 0.6) is 0 Å². The first-order valence-electron chi connectivity index (χ1n) is 5.85. The number of aliphatic hydroxyl groups is 3. The highest BCUT2D eigenvalue weighted by atomic mass is 16.7. The molecule has 0 amide bonds. The van der Waals surface area contributed by atoms with Crippen molar-refractivity contribution in [2.75, 3.05) is 0 Å². The zero-order valence-electron chi connectivity index (χ0n) is 10.9. The van der Waals surface area contributed by atoms with Crippen LogP contribution >= 0.6 is 0 Å². The summed E-state index contributed by atoms with van der Waals surface area (Å²) in [6.07, 6.45) is -5.12. The van der Waals surface area contributed by atoms with Gasteiger partial charge in [0.1, 0.15) is 0 Å². The standard InChI is InChI=1S/C9H14N6O6/c1-3(16)5(12-14-10)7-6(13-15-11)4(17)2-9(20,21-7)8(18)19/h3-7,16-17,20H,2H2,1H3,(H,18,19)/t3-,4-,5-,6-,7?,9+/m1/s1. The van der Waals surface area contributed by atoms with Crippen molar-refractivity contribution < 1.29 is 30.0 Å². The van der Waals surface area contributed by atoms with E-state index in [1.54, 1.807) is 0 Å². The van der Waals surface area contributed by atoms with E-state index in [0.29, 0.717) is 0 Å². The summed E-state index contributed by atoms with van der Waals surface area (Å²) in [7, 11) is 0. The van der Waals surface area contributed by atoms with E-state index < -0.39 is 48.6 Å². The van der Waals surface area contributed by atoms with Crippen molar-refractivity contribution in [3.8, 4) is 0 Å². The Balaban J connectivity index is 3.26. The normalized spacial score (nSPS) is 35.0. The largest absolute Gasteiger partial charge is 0.477 e. The van der Waals surface area contributed by atoms with Gasteiger partial charge in [0.05, 0.1) is 30.4 Å². The molecule has 0 saturated carbocycles. The quantitative estimate of drug-likeness (QED) is 0.303. The summed E-state index contributed by atoms with van der Waals surface area (Å²) in [4.78, 5) is 16.0. The van der Waals surface area contributed by atoms with Crippen LogP contribution in [0.25, 0.3) is 20.9 Å². The van der Waals surface area contributed by atoms with Crippen LogP contribution in [0.15, 0.2) is 10.2 Å². The van der Waals surface area contributed by atoms with E-state index in [-0.39, 0.29) is 0 Å². The second-order valence-corrected chi connectivity index (χ2v) is 4.58. The van der Waals surface area contributed by atoms with Gasteiger partial charge in [-0.2, -0.15) is 0 Å². The molecular formula is C9H14N6O6. The number of nitrogens with zero attached hydrogens (tertiary/aromatic N) is 6. The van der Waals surface area contributed by atoms with Crippen molar-refractivity contribution in [1.82, 2.24) is 0 Å². The Morgan fingerprint density at radius 3 is 2.52 bits per heavy atom. The minimum Gasteiger partial charge on any atom is -0.477 e. The summed E-state index contributed by atoms with van der Waals surface area (Å²) in [5.74, 6) is -4.51. The highest BCUT2D eigenvalue weighted by Crippen LogP contribution is 2.33. The van der Waals surface area contributed by atoms with E-state index in [4.69, 9.17) is 20.9 Å². The topological polar surface area (TPSA) is 205 Å². The molecule has 1 heterocycles. The second-order valence-electron chi connectivity index (χ2n) is 4.58. The molecule has 0 aromatic carbocycles. The van der Waals surface area contributed by atoms with Crippen LogP contribution in [0.3, 0.4) is 0 Å². The first kappa shape index (κ1) is 17.0. The molecule has 1 unspecified atom stereocenters. The Bertz CT molecular complexity index is 481. The van der Waals surface area contributed by atoms with Gasteiger partial charge in [0.25, 0.3) is 5.79 Å². The van der Waals surface area contributed by atoms with Gasteiger partial charge in [-0.3, -0.25) is 0 Å². The molecule has 0 aromatic heterocycles. The van der Waals surface area contributed by atoms with Gasteiger partial charge >= 0.3 is 5.97 Å². The van der Waals surface area contributed by atoms with Crippen molar-refractivity contribution in [2.24, 2.45) is 10.2 Å². The van der Waals surface area contributed by atoms with E-state index >= 15 is 0 Å². The molecule has 1 fully saturated rings. The summed E-state index contributed by atoms with van der Waals surface area (Å²) in [6.45, 7) is 1.23. The maximum absolute atomic E-state index is 11.0. The third-order valence-corrected chi connectivity index (χ3v) is 3.08. The minimum atomic E-state index is -2.75. The average Bonchev–Trinajstić information content (AvgIpc) is 2.38. The summed E-state index contributed by atoms with van der Waals surface area (Å²) >= 11 is 0. The van der Waals surface area contributed by atoms with Crippen LogP contribution in [0.4, 0.5) is 0 Å². The Morgan fingerprint density at radius 1 is 1.48 bits per heavy atom. The monoisotopic (exact) mass is 302 g/mol. The molecule has 1 saturated heterocycles. The molecule has 0 aliphatic carbocycles. The predicted molar refractivity (Wildman–Crippen MR) is 65.6 cm³/mol. The number of hydrogen-bond acceptors (Lipinski definition) is 7. The molecule has 0 aromatic rings. The highest BCUT2D eigenvalue weighted by molar-refractivity contribution is 5.75. The Kier molecular flexibility index (Phi) is 5.33. The average molecular weight is 302 g/mol. The van der Waals surface area contributed by atoms with Crippen LogP contribution < -0.4 is 0 Å². The molecule has 1 aliphatic rings. The summed E-state index contributed by atoms with van der Waals surface area (Å²) < 4.78 is 4.95. The van der Waals surface area contributed by atoms with E-state index in [1.807, 2.05) is 0 Å². The van der Waals surface area contributed by atoms with E-state index in [1.165, 1.54) is 6.92 Å². The lowest BCUT2D eigenvalue weighted by Gasteiger charge is -2.43. The number of carboxylic acids is 1. The maximum atomic E-state index is 11.0. The molecule has 116 valence electrons. The first-order valence-corrected chi connectivity index (χ1v) is 5.85. The summed E-state index contributed by atoms with van der Waals surface area (Å²) in [5, 5.41) is 44.8. The molecule has 1 rings (SSSR count). The van der Waals surface area contributed by atoms with E-state index in [0.717, 1.165) is 0 Å². The minimum absolute atomic E-state index is 0.745. The zero-order chi connectivity index (χ0) is 16.2. The fraction of sp³-hybridized carbons (Fsp3) is 0.889. The molecule has 6 atom stereocenters. The first-order chi connectivity index (χ1) is 9.76. The maximum Gasteiger partial charge on any atom is 0.364 e. The third-order valence-electron chi connectivity index (χ3n) is 3.08. The summed E-state index contributed by atoms with van der Waals surface area (Å²) in [5.41, 5.74) is 17.0.